The van der Waals surface area contributed by atoms with Crippen molar-refractivity contribution in [2.24, 2.45) is 0 Å². The van der Waals surface area contributed by atoms with Crippen molar-refractivity contribution in [3.8, 4) is 0 Å². The summed E-state index contributed by atoms with van der Waals surface area (Å²) in [6.45, 7) is 0. The fourth-order valence-electron chi connectivity index (χ4n) is 7.21. The zero-order chi connectivity index (χ0) is 35.2. The first-order valence-corrected chi connectivity index (χ1v) is 17.1. The van der Waals surface area contributed by atoms with Crippen LogP contribution in [0.4, 0.5) is 5.69 Å². The highest BCUT2D eigenvalue weighted by Gasteiger charge is 2.18. The van der Waals surface area contributed by atoms with Gasteiger partial charge in [0.15, 0.2) is 0 Å². The largest absolute Gasteiger partial charge is 0.478 e. The van der Waals surface area contributed by atoms with Crippen LogP contribution in [0.25, 0.3) is 22.3 Å². The summed E-state index contributed by atoms with van der Waals surface area (Å²) in [7, 11) is 0. The quantitative estimate of drug-likeness (QED) is 0.107. The van der Waals surface area contributed by atoms with Crippen molar-refractivity contribution in [3.05, 3.63) is 230 Å². The number of aromatic amines is 4. The molecule has 0 unspecified atom stereocenters. The maximum absolute atomic E-state index is 11.8. The third-order valence-corrected chi connectivity index (χ3v) is 9.64. The van der Waals surface area contributed by atoms with E-state index in [9.17, 15) is 9.90 Å². The van der Waals surface area contributed by atoms with Gasteiger partial charge in [0.1, 0.15) is 0 Å². The minimum Gasteiger partial charge on any atom is -0.478 e. The van der Waals surface area contributed by atoms with Crippen LogP contribution in [0.2, 0.25) is 0 Å². The van der Waals surface area contributed by atoms with E-state index in [1.54, 1.807) is 12.1 Å². The summed E-state index contributed by atoms with van der Waals surface area (Å²) in [5, 5.41) is 13.4. The molecular weight excluding hydrogens is 749 g/mol. The SMILES string of the molecule is Cl.Cl.Cl.Nc1ccc(C2=c3ccc([nH]3)=C(c3ccccc3)c3ccc([nH]3)C(c3ccc(C(=O)O)cc3)=c3ccc([nH]3)=C(c3ccccc3)c3ccc2[nH]3)cc1. The van der Waals surface area contributed by atoms with Crippen LogP contribution >= 0.6 is 37.2 Å². The molecule has 0 saturated carbocycles. The van der Waals surface area contributed by atoms with Crippen molar-refractivity contribution in [1.29, 1.82) is 0 Å². The van der Waals surface area contributed by atoms with Crippen LogP contribution in [-0.2, 0) is 0 Å². The predicted molar refractivity (Wildman–Crippen MR) is 227 cm³/mol. The number of carboxylic acid groups (broad SMARTS) is 1. The monoisotopic (exact) mass is 783 g/mol. The van der Waals surface area contributed by atoms with Crippen LogP contribution in [0.15, 0.2) is 158 Å². The highest BCUT2D eigenvalue weighted by molar-refractivity contribution is 5.89. The Balaban J connectivity index is 0.00000171. The van der Waals surface area contributed by atoms with Crippen molar-refractivity contribution < 1.29 is 9.90 Å². The normalized spacial score (nSPS) is 12.0. The highest BCUT2D eigenvalue weighted by atomic mass is 35.5. The number of aromatic carboxylic acids is 1. The summed E-state index contributed by atoms with van der Waals surface area (Å²) in [5.74, 6) is -0.963. The molecule has 1 aliphatic rings. The van der Waals surface area contributed by atoms with Gasteiger partial charge in [-0.2, -0.15) is 0 Å². The van der Waals surface area contributed by atoms with Gasteiger partial charge in [0.25, 0.3) is 0 Å². The molecule has 7 nitrogen and oxygen atoms in total. The second-order valence-electron chi connectivity index (χ2n) is 12.9. The Bertz CT molecular complexity index is 2870. The van der Waals surface area contributed by atoms with Crippen LogP contribution in [0, 0.1) is 0 Å². The van der Waals surface area contributed by atoms with Gasteiger partial charge < -0.3 is 30.8 Å². The Hall–Kier alpha value is -6.38. The zero-order valence-corrected chi connectivity index (χ0v) is 31.6. The Morgan fingerprint density at radius 3 is 1.02 bits per heavy atom. The van der Waals surface area contributed by atoms with Crippen molar-refractivity contribution in [3.63, 3.8) is 0 Å². The molecule has 10 heteroatoms. The smallest absolute Gasteiger partial charge is 0.335 e. The number of hydrogen-bond donors (Lipinski definition) is 6. The number of nitrogen functional groups attached to an aromatic ring is 1. The fourth-order valence-corrected chi connectivity index (χ4v) is 7.21. The molecule has 5 heterocycles. The molecule has 8 bridgehead atoms. The summed E-state index contributed by atoms with van der Waals surface area (Å²) in [6, 6.07) is 52.6. The Morgan fingerprint density at radius 2 is 0.691 bits per heavy atom. The maximum atomic E-state index is 11.8. The van der Waals surface area contributed by atoms with Gasteiger partial charge in [0.2, 0.25) is 0 Å². The molecule has 8 aromatic rings. The number of anilines is 1. The van der Waals surface area contributed by atoms with E-state index < -0.39 is 5.97 Å². The minimum atomic E-state index is -0.963. The van der Waals surface area contributed by atoms with Gasteiger partial charge >= 0.3 is 5.97 Å². The summed E-state index contributed by atoms with van der Waals surface area (Å²) in [6.07, 6.45) is 0. The minimum absolute atomic E-state index is 0. The van der Waals surface area contributed by atoms with Crippen molar-refractivity contribution in [2.75, 3.05) is 5.73 Å². The molecule has 7 N–H and O–H groups in total. The lowest BCUT2D eigenvalue weighted by Gasteiger charge is -2.10. The van der Waals surface area contributed by atoms with Gasteiger partial charge in [-0.25, -0.2) is 4.79 Å². The molecule has 0 saturated heterocycles. The van der Waals surface area contributed by atoms with Crippen LogP contribution in [-0.4, -0.2) is 31.0 Å². The average molecular weight is 785 g/mol. The van der Waals surface area contributed by atoms with E-state index in [1.807, 2.05) is 60.7 Å². The van der Waals surface area contributed by atoms with Crippen LogP contribution in [0.1, 0.15) is 55.4 Å². The van der Waals surface area contributed by atoms with E-state index in [0.29, 0.717) is 5.69 Å². The van der Waals surface area contributed by atoms with Crippen molar-refractivity contribution in [1.82, 2.24) is 19.9 Å². The van der Waals surface area contributed by atoms with E-state index in [0.717, 1.165) is 88.7 Å². The molecule has 274 valence electrons. The van der Waals surface area contributed by atoms with Crippen LogP contribution in [0.5, 0.6) is 0 Å². The molecule has 0 fully saturated rings. The second kappa shape index (κ2) is 15.9. The molecule has 4 aromatic heterocycles. The molecule has 0 amide bonds. The number of hydrogen-bond acceptors (Lipinski definition) is 2. The van der Waals surface area contributed by atoms with Gasteiger partial charge in [-0.05, 0) is 95.1 Å². The van der Waals surface area contributed by atoms with Crippen molar-refractivity contribution >= 4 is 71.2 Å². The first kappa shape index (κ1) is 38.3. The van der Waals surface area contributed by atoms with Crippen molar-refractivity contribution in [2.45, 2.75) is 0 Å². The standard InChI is InChI=1S/C45H33N5O2.3ClH/c46-32-17-15-30(16-18-32)44-39-25-21-35(49-39)41(27-7-3-1-4-8-27)33-19-23-37(47-33)43(29-11-13-31(14-12-29)45(51)52)38-24-20-34(48-38)42(28-9-5-2-6-10-28)36-22-26-40(44)50-36;;;/h1-26,47-50H,46H2,(H,51,52);3*1H. The third-order valence-electron chi connectivity index (χ3n) is 9.64. The maximum Gasteiger partial charge on any atom is 0.335 e. The molecule has 0 aliphatic carbocycles. The number of benzene rings is 4. The average Bonchev–Trinajstić information content (AvgIpc) is 4.01. The molecule has 9 rings (SSSR count). The molecule has 4 aromatic carbocycles. The summed E-state index contributed by atoms with van der Waals surface area (Å²) >= 11 is 0. The van der Waals surface area contributed by atoms with Crippen LogP contribution < -0.4 is 27.1 Å². The number of halogens is 3. The number of nitrogens with two attached hydrogens (primary N) is 1. The first-order chi connectivity index (χ1) is 25.5. The number of aromatic nitrogens is 4. The second-order valence-corrected chi connectivity index (χ2v) is 12.9. The molecule has 55 heavy (non-hydrogen) atoms. The summed E-state index contributed by atoms with van der Waals surface area (Å²) < 4.78 is 0. The van der Waals surface area contributed by atoms with Gasteiger partial charge in [0, 0.05) is 72.2 Å². The van der Waals surface area contributed by atoms with E-state index in [4.69, 9.17) is 5.73 Å². The van der Waals surface area contributed by atoms with Gasteiger partial charge in [-0.3, -0.25) is 0 Å². The Labute approximate surface area is 334 Å². The van der Waals surface area contributed by atoms with Gasteiger partial charge in [0.05, 0.1) is 5.56 Å². The van der Waals surface area contributed by atoms with E-state index in [-0.39, 0.29) is 42.8 Å². The van der Waals surface area contributed by atoms with E-state index in [2.05, 4.69) is 105 Å². The molecular formula is C45H36Cl3N5O2. The number of carbonyl (C=O) groups is 1. The number of nitrogens with one attached hydrogen (secondary N) is 4. The molecule has 0 atom stereocenters. The molecule has 0 radical (unpaired) electrons. The summed E-state index contributed by atoms with van der Waals surface area (Å²) in [4.78, 5) is 26.9. The molecule has 1 aliphatic heterocycles. The Morgan fingerprint density at radius 1 is 0.382 bits per heavy atom. The summed E-state index contributed by atoms with van der Waals surface area (Å²) in [5.41, 5.74) is 18.8. The number of H-pyrrole nitrogens is 4. The topological polar surface area (TPSA) is 126 Å². The number of rotatable bonds is 5. The van der Waals surface area contributed by atoms with Gasteiger partial charge in [-0.1, -0.05) is 84.9 Å². The van der Waals surface area contributed by atoms with E-state index >= 15 is 0 Å². The highest BCUT2D eigenvalue weighted by Crippen LogP contribution is 2.28. The van der Waals surface area contributed by atoms with Crippen LogP contribution in [0.3, 0.4) is 0 Å². The lowest BCUT2D eigenvalue weighted by atomic mass is 10.0. The zero-order valence-electron chi connectivity index (χ0n) is 29.2. The third kappa shape index (κ3) is 7.16. The number of fused-ring (bicyclic) bond motifs is 8. The van der Waals surface area contributed by atoms with E-state index in [1.165, 1.54) is 0 Å². The first-order valence-electron chi connectivity index (χ1n) is 17.1. The molecule has 0 spiro atoms. The lowest BCUT2D eigenvalue weighted by Crippen LogP contribution is -2.19. The number of carboxylic acids is 1. The Kier molecular flexibility index (Phi) is 11.1. The van der Waals surface area contributed by atoms with Gasteiger partial charge in [-0.15, -0.1) is 37.2 Å². The predicted octanol–water partition coefficient (Wildman–Crippen LogP) is 6.85. The lowest BCUT2D eigenvalue weighted by molar-refractivity contribution is 0.0697. The fraction of sp³-hybridized carbons (Fsp3) is 0.